The van der Waals surface area contributed by atoms with Crippen LogP contribution in [0.4, 0.5) is 0 Å². The van der Waals surface area contributed by atoms with Crippen LogP contribution in [-0.4, -0.2) is 27.9 Å². The van der Waals surface area contributed by atoms with Crippen molar-refractivity contribution in [2.75, 3.05) is 0 Å². The highest BCUT2D eigenvalue weighted by molar-refractivity contribution is 6.65. The van der Waals surface area contributed by atoms with Gasteiger partial charge < -0.3 is 13.9 Å². The first-order chi connectivity index (χ1) is 8.82. The maximum Gasteiger partial charge on any atom is 0.495 e. The third kappa shape index (κ3) is 1.80. The molecular formula is C14H19BN2O2. The number of pyridine rings is 1. The van der Waals surface area contributed by atoms with Crippen LogP contribution >= 0.6 is 0 Å². The number of nitrogens with zero attached hydrogens (tertiary/aromatic N) is 2. The summed E-state index contributed by atoms with van der Waals surface area (Å²) in [6.07, 6.45) is 3.81. The number of rotatable bonds is 1. The Morgan fingerprint density at radius 1 is 1.11 bits per heavy atom. The number of hydrogen-bond acceptors (Lipinski definition) is 3. The van der Waals surface area contributed by atoms with Gasteiger partial charge in [-0.25, -0.2) is 4.98 Å². The third-order valence-corrected chi connectivity index (χ3v) is 4.31. The lowest BCUT2D eigenvalue weighted by atomic mass is 9.78. The van der Waals surface area contributed by atoms with Crippen LogP contribution in [0.3, 0.4) is 0 Å². The Kier molecular flexibility index (Phi) is 2.56. The van der Waals surface area contributed by atoms with Gasteiger partial charge >= 0.3 is 7.12 Å². The van der Waals surface area contributed by atoms with Crippen molar-refractivity contribution in [3.8, 4) is 0 Å². The van der Waals surface area contributed by atoms with Gasteiger partial charge in [0.2, 0.25) is 0 Å². The van der Waals surface area contributed by atoms with Crippen LogP contribution in [-0.2, 0) is 16.4 Å². The summed E-state index contributed by atoms with van der Waals surface area (Å²) in [7, 11) is 1.65. The molecule has 0 amide bonds. The predicted molar refractivity (Wildman–Crippen MR) is 76.4 cm³/mol. The van der Waals surface area contributed by atoms with Gasteiger partial charge in [-0.3, -0.25) is 0 Å². The van der Waals surface area contributed by atoms with E-state index in [1.807, 2.05) is 30.1 Å². The van der Waals surface area contributed by atoms with Crippen LogP contribution in [0.25, 0.3) is 11.0 Å². The zero-order valence-corrected chi connectivity index (χ0v) is 12.1. The molecule has 2 aromatic heterocycles. The molecule has 0 bridgehead atoms. The molecule has 3 heterocycles. The molecule has 3 rings (SSSR count). The Morgan fingerprint density at radius 2 is 1.74 bits per heavy atom. The van der Waals surface area contributed by atoms with Crippen molar-refractivity contribution in [1.29, 1.82) is 0 Å². The summed E-state index contributed by atoms with van der Waals surface area (Å²) in [5.41, 5.74) is 1.36. The molecule has 2 aromatic rings. The van der Waals surface area contributed by atoms with E-state index >= 15 is 0 Å². The van der Waals surface area contributed by atoms with Gasteiger partial charge in [0.15, 0.2) is 0 Å². The van der Waals surface area contributed by atoms with Crippen molar-refractivity contribution in [2.45, 2.75) is 38.9 Å². The third-order valence-electron chi connectivity index (χ3n) is 4.31. The summed E-state index contributed by atoms with van der Waals surface area (Å²) in [4.78, 5) is 4.40. The summed E-state index contributed by atoms with van der Waals surface area (Å²) in [6, 6.07) is 4.03. The van der Waals surface area contributed by atoms with Gasteiger partial charge in [0.05, 0.1) is 11.2 Å². The molecule has 0 unspecified atom stereocenters. The van der Waals surface area contributed by atoms with Crippen molar-refractivity contribution < 1.29 is 9.31 Å². The second-order valence-corrected chi connectivity index (χ2v) is 6.15. The topological polar surface area (TPSA) is 36.3 Å². The predicted octanol–water partition coefficient (Wildman–Crippen LogP) is 1.87. The Labute approximate surface area is 113 Å². The molecule has 19 heavy (non-hydrogen) atoms. The lowest BCUT2D eigenvalue weighted by Crippen LogP contribution is -2.41. The van der Waals surface area contributed by atoms with Crippen LogP contribution in [0.15, 0.2) is 24.5 Å². The van der Waals surface area contributed by atoms with E-state index in [0.717, 1.165) is 16.5 Å². The molecule has 1 aliphatic heterocycles. The molecule has 1 aliphatic rings. The first kappa shape index (κ1) is 12.7. The fourth-order valence-electron chi connectivity index (χ4n) is 2.36. The van der Waals surface area contributed by atoms with Crippen molar-refractivity contribution in [1.82, 2.24) is 9.55 Å². The molecule has 0 saturated carbocycles. The zero-order chi connectivity index (χ0) is 13.8. The summed E-state index contributed by atoms with van der Waals surface area (Å²) >= 11 is 0. The van der Waals surface area contributed by atoms with Gasteiger partial charge in [-0.1, -0.05) is 0 Å². The summed E-state index contributed by atoms with van der Waals surface area (Å²) in [6.45, 7) is 8.26. The Bertz CT molecular complexity index is 617. The van der Waals surface area contributed by atoms with E-state index in [2.05, 4.69) is 38.7 Å². The number of fused-ring (bicyclic) bond motifs is 1. The molecule has 5 heteroatoms. The molecule has 4 nitrogen and oxygen atoms in total. The van der Waals surface area contributed by atoms with Gasteiger partial charge in [0.25, 0.3) is 0 Å². The van der Waals surface area contributed by atoms with E-state index in [1.165, 1.54) is 0 Å². The van der Waals surface area contributed by atoms with E-state index in [9.17, 15) is 0 Å². The van der Waals surface area contributed by atoms with Gasteiger partial charge in [-0.15, -0.1) is 0 Å². The van der Waals surface area contributed by atoms with Crippen LogP contribution in [0.2, 0.25) is 0 Å². The number of aryl methyl sites for hydroxylation is 1. The lowest BCUT2D eigenvalue weighted by Gasteiger charge is -2.32. The van der Waals surface area contributed by atoms with E-state index in [4.69, 9.17) is 9.31 Å². The molecule has 0 radical (unpaired) electrons. The lowest BCUT2D eigenvalue weighted by molar-refractivity contribution is 0.00578. The van der Waals surface area contributed by atoms with Gasteiger partial charge in [0, 0.05) is 24.8 Å². The van der Waals surface area contributed by atoms with Crippen molar-refractivity contribution in [2.24, 2.45) is 7.05 Å². The van der Waals surface area contributed by atoms with Crippen molar-refractivity contribution in [3.05, 3.63) is 24.5 Å². The minimum Gasteiger partial charge on any atom is -0.399 e. The molecule has 0 aromatic carbocycles. The van der Waals surface area contributed by atoms with E-state index in [1.54, 1.807) is 0 Å². The Hall–Kier alpha value is -1.33. The average molecular weight is 258 g/mol. The first-order valence-electron chi connectivity index (χ1n) is 6.57. The highest BCUT2D eigenvalue weighted by atomic mass is 16.7. The average Bonchev–Trinajstić information content (AvgIpc) is 2.78. The fraction of sp³-hybridized carbons (Fsp3) is 0.500. The van der Waals surface area contributed by atoms with Gasteiger partial charge in [-0.05, 0) is 45.3 Å². The first-order valence-corrected chi connectivity index (χ1v) is 6.57. The quantitative estimate of drug-likeness (QED) is 0.733. The molecule has 1 saturated heterocycles. The van der Waals surface area contributed by atoms with Crippen molar-refractivity contribution >= 4 is 23.6 Å². The Morgan fingerprint density at radius 3 is 2.37 bits per heavy atom. The summed E-state index contributed by atoms with van der Waals surface area (Å²) < 4.78 is 14.2. The normalized spacial score (nSPS) is 21.2. The van der Waals surface area contributed by atoms with E-state index in [0.29, 0.717) is 0 Å². The standard InChI is InChI=1S/C14H19BN2O2/c1-13(2)14(3,4)19-15(18-13)11-6-8-16-12-10(11)7-9-17(12)5/h6-9H,1-5H3. The molecule has 0 N–H and O–H groups in total. The minimum atomic E-state index is -0.335. The zero-order valence-electron chi connectivity index (χ0n) is 12.1. The van der Waals surface area contributed by atoms with E-state index < -0.39 is 0 Å². The number of aromatic nitrogens is 2. The molecule has 0 spiro atoms. The molecule has 100 valence electrons. The Balaban J connectivity index is 2.07. The number of hydrogen-bond donors (Lipinski definition) is 0. The van der Waals surface area contributed by atoms with Gasteiger partial charge in [0.1, 0.15) is 5.65 Å². The fourth-order valence-corrected chi connectivity index (χ4v) is 2.36. The van der Waals surface area contributed by atoms with Crippen LogP contribution < -0.4 is 5.46 Å². The van der Waals surface area contributed by atoms with E-state index in [-0.39, 0.29) is 18.3 Å². The SMILES string of the molecule is Cn1ccc2c(B3OC(C)(C)C(C)(C)O3)ccnc21. The monoisotopic (exact) mass is 258 g/mol. The smallest absolute Gasteiger partial charge is 0.399 e. The van der Waals surface area contributed by atoms with Crippen LogP contribution in [0, 0.1) is 0 Å². The second-order valence-electron chi connectivity index (χ2n) is 6.15. The van der Waals surface area contributed by atoms with Crippen LogP contribution in [0.1, 0.15) is 27.7 Å². The summed E-state index contributed by atoms with van der Waals surface area (Å²) in [5.74, 6) is 0. The van der Waals surface area contributed by atoms with Crippen molar-refractivity contribution in [3.63, 3.8) is 0 Å². The molecular weight excluding hydrogens is 239 g/mol. The summed E-state index contributed by atoms with van der Waals surface area (Å²) in [5, 5.41) is 1.09. The highest BCUT2D eigenvalue weighted by Gasteiger charge is 2.52. The maximum atomic E-state index is 6.11. The largest absolute Gasteiger partial charge is 0.495 e. The second kappa shape index (κ2) is 3.84. The maximum absolute atomic E-state index is 6.11. The van der Waals surface area contributed by atoms with Gasteiger partial charge in [-0.2, -0.15) is 0 Å². The molecule has 0 aliphatic carbocycles. The highest BCUT2D eigenvalue weighted by Crippen LogP contribution is 2.36. The minimum absolute atomic E-state index is 0.317. The molecule has 1 fully saturated rings. The van der Waals surface area contributed by atoms with Crippen LogP contribution in [0.5, 0.6) is 0 Å². The molecule has 0 atom stereocenters.